The fourth-order valence-corrected chi connectivity index (χ4v) is 2.85. The number of nitrogens with zero attached hydrogens (tertiary/aromatic N) is 2. The Hall–Kier alpha value is -1.87. The SMILES string of the molecule is NCc1cc(N2CCCC2c2ccccc2)ccn1. The molecule has 2 aromatic rings. The summed E-state index contributed by atoms with van der Waals surface area (Å²) in [6.07, 6.45) is 4.31. The van der Waals surface area contributed by atoms with Crippen LogP contribution in [0, 0.1) is 0 Å². The molecule has 19 heavy (non-hydrogen) atoms. The summed E-state index contributed by atoms with van der Waals surface area (Å²) in [7, 11) is 0. The third-order valence-corrected chi connectivity index (χ3v) is 3.78. The highest BCUT2D eigenvalue weighted by atomic mass is 15.2. The van der Waals surface area contributed by atoms with Crippen molar-refractivity contribution in [3.05, 3.63) is 59.9 Å². The van der Waals surface area contributed by atoms with E-state index in [4.69, 9.17) is 5.73 Å². The van der Waals surface area contributed by atoms with Crippen LogP contribution in [0.3, 0.4) is 0 Å². The molecule has 1 fully saturated rings. The van der Waals surface area contributed by atoms with Crippen LogP contribution < -0.4 is 10.6 Å². The van der Waals surface area contributed by atoms with Crippen molar-refractivity contribution >= 4 is 5.69 Å². The van der Waals surface area contributed by atoms with Gasteiger partial charge in [-0.1, -0.05) is 30.3 Å². The first-order valence-electron chi connectivity index (χ1n) is 6.85. The third-order valence-electron chi connectivity index (χ3n) is 3.78. The van der Waals surface area contributed by atoms with Crippen LogP contribution in [0.2, 0.25) is 0 Å². The monoisotopic (exact) mass is 253 g/mol. The molecule has 1 atom stereocenters. The predicted molar refractivity (Wildman–Crippen MR) is 77.9 cm³/mol. The van der Waals surface area contributed by atoms with Gasteiger partial charge in [-0.3, -0.25) is 4.98 Å². The summed E-state index contributed by atoms with van der Waals surface area (Å²) in [6.45, 7) is 1.60. The maximum Gasteiger partial charge on any atom is 0.0560 e. The van der Waals surface area contributed by atoms with Gasteiger partial charge < -0.3 is 10.6 Å². The maximum absolute atomic E-state index is 5.68. The number of benzene rings is 1. The van der Waals surface area contributed by atoms with Crippen LogP contribution in [0.5, 0.6) is 0 Å². The van der Waals surface area contributed by atoms with Gasteiger partial charge in [-0.2, -0.15) is 0 Å². The first kappa shape index (κ1) is 12.2. The molecule has 1 aromatic carbocycles. The lowest BCUT2D eigenvalue weighted by Crippen LogP contribution is -2.22. The summed E-state index contributed by atoms with van der Waals surface area (Å²) < 4.78 is 0. The summed E-state index contributed by atoms with van der Waals surface area (Å²) >= 11 is 0. The highest BCUT2D eigenvalue weighted by Crippen LogP contribution is 2.35. The fraction of sp³-hybridized carbons (Fsp3) is 0.312. The molecule has 3 heteroatoms. The van der Waals surface area contributed by atoms with Crippen molar-refractivity contribution in [2.45, 2.75) is 25.4 Å². The Morgan fingerprint density at radius 2 is 2.05 bits per heavy atom. The molecule has 3 rings (SSSR count). The van der Waals surface area contributed by atoms with Crippen LogP contribution in [0.15, 0.2) is 48.7 Å². The van der Waals surface area contributed by atoms with E-state index in [2.05, 4.69) is 52.3 Å². The largest absolute Gasteiger partial charge is 0.364 e. The molecular formula is C16H19N3. The van der Waals surface area contributed by atoms with E-state index in [1.807, 2.05) is 6.20 Å². The Morgan fingerprint density at radius 1 is 1.21 bits per heavy atom. The molecule has 1 aromatic heterocycles. The van der Waals surface area contributed by atoms with Gasteiger partial charge in [0.15, 0.2) is 0 Å². The van der Waals surface area contributed by atoms with Crippen molar-refractivity contribution in [2.75, 3.05) is 11.4 Å². The van der Waals surface area contributed by atoms with E-state index in [1.165, 1.54) is 24.1 Å². The average Bonchev–Trinajstić information content (AvgIpc) is 2.98. The number of nitrogens with two attached hydrogens (primary N) is 1. The number of hydrogen-bond acceptors (Lipinski definition) is 3. The van der Waals surface area contributed by atoms with Crippen molar-refractivity contribution in [1.29, 1.82) is 0 Å². The van der Waals surface area contributed by atoms with E-state index < -0.39 is 0 Å². The average molecular weight is 253 g/mol. The summed E-state index contributed by atoms with van der Waals surface area (Å²) in [5.74, 6) is 0. The number of hydrogen-bond donors (Lipinski definition) is 1. The second-order valence-electron chi connectivity index (χ2n) is 4.97. The van der Waals surface area contributed by atoms with Gasteiger partial charge in [0.05, 0.1) is 11.7 Å². The zero-order valence-electron chi connectivity index (χ0n) is 11.0. The normalized spacial score (nSPS) is 18.8. The van der Waals surface area contributed by atoms with Crippen molar-refractivity contribution in [3.8, 4) is 0 Å². The van der Waals surface area contributed by atoms with E-state index in [9.17, 15) is 0 Å². The van der Waals surface area contributed by atoms with Crippen LogP contribution in [0.25, 0.3) is 0 Å². The van der Waals surface area contributed by atoms with Crippen molar-refractivity contribution in [1.82, 2.24) is 4.98 Å². The topological polar surface area (TPSA) is 42.1 Å². The number of rotatable bonds is 3. The fourth-order valence-electron chi connectivity index (χ4n) is 2.85. The van der Waals surface area contributed by atoms with E-state index in [0.717, 1.165) is 12.2 Å². The smallest absolute Gasteiger partial charge is 0.0560 e. The minimum absolute atomic E-state index is 0.481. The van der Waals surface area contributed by atoms with Gasteiger partial charge in [-0.25, -0.2) is 0 Å². The lowest BCUT2D eigenvalue weighted by atomic mass is 10.0. The number of aromatic nitrogens is 1. The minimum atomic E-state index is 0.481. The van der Waals surface area contributed by atoms with E-state index in [0.29, 0.717) is 12.6 Å². The van der Waals surface area contributed by atoms with Crippen molar-refractivity contribution < 1.29 is 0 Å². The van der Waals surface area contributed by atoms with Crippen LogP contribution >= 0.6 is 0 Å². The van der Waals surface area contributed by atoms with Gasteiger partial charge in [-0.15, -0.1) is 0 Å². The Balaban J connectivity index is 1.90. The van der Waals surface area contributed by atoms with Crippen LogP contribution in [-0.2, 0) is 6.54 Å². The molecule has 0 bridgehead atoms. The summed E-state index contributed by atoms with van der Waals surface area (Å²) in [4.78, 5) is 6.74. The van der Waals surface area contributed by atoms with E-state index in [-0.39, 0.29) is 0 Å². The molecule has 98 valence electrons. The zero-order valence-corrected chi connectivity index (χ0v) is 11.0. The Bertz CT molecular complexity index is 539. The first-order chi connectivity index (χ1) is 9.38. The predicted octanol–water partition coefficient (Wildman–Crippen LogP) is 2.88. The summed E-state index contributed by atoms with van der Waals surface area (Å²) in [5.41, 5.74) is 9.27. The number of anilines is 1. The summed E-state index contributed by atoms with van der Waals surface area (Å²) in [6, 6.07) is 15.4. The lowest BCUT2D eigenvalue weighted by Gasteiger charge is -2.27. The molecule has 1 aliphatic rings. The number of pyridine rings is 1. The van der Waals surface area contributed by atoms with Crippen LogP contribution in [0.4, 0.5) is 5.69 Å². The molecule has 0 spiro atoms. The molecule has 2 heterocycles. The van der Waals surface area contributed by atoms with Gasteiger partial charge in [0.25, 0.3) is 0 Å². The second kappa shape index (κ2) is 5.41. The first-order valence-corrected chi connectivity index (χ1v) is 6.85. The van der Waals surface area contributed by atoms with E-state index in [1.54, 1.807) is 0 Å². The molecule has 0 saturated carbocycles. The zero-order chi connectivity index (χ0) is 13.1. The van der Waals surface area contributed by atoms with Gasteiger partial charge >= 0.3 is 0 Å². The molecule has 1 unspecified atom stereocenters. The van der Waals surface area contributed by atoms with Crippen molar-refractivity contribution in [2.24, 2.45) is 5.73 Å². The molecule has 3 nitrogen and oxygen atoms in total. The van der Waals surface area contributed by atoms with E-state index >= 15 is 0 Å². The van der Waals surface area contributed by atoms with Crippen molar-refractivity contribution in [3.63, 3.8) is 0 Å². The minimum Gasteiger partial charge on any atom is -0.364 e. The van der Waals surface area contributed by atoms with Crippen LogP contribution in [0.1, 0.15) is 30.1 Å². The highest BCUT2D eigenvalue weighted by molar-refractivity contribution is 5.50. The molecule has 1 saturated heterocycles. The molecule has 1 aliphatic heterocycles. The lowest BCUT2D eigenvalue weighted by molar-refractivity contribution is 0.718. The summed E-state index contributed by atoms with van der Waals surface area (Å²) in [5, 5.41) is 0. The Morgan fingerprint density at radius 3 is 2.84 bits per heavy atom. The van der Waals surface area contributed by atoms with Gasteiger partial charge in [0.2, 0.25) is 0 Å². The molecule has 2 N–H and O–H groups in total. The molecule has 0 amide bonds. The van der Waals surface area contributed by atoms with Crippen LogP contribution in [-0.4, -0.2) is 11.5 Å². The molecular weight excluding hydrogens is 234 g/mol. The molecule has 0 radical (unpaired) electrons. The third kappa shape index (κ3) is 2.47. The Kier molecular flexibility index (Phi) is 3.47. The Labute approximate surface area is 114 Å². The highest BCUT2D eigenvalue weighted by Gasteiger charge is 2.26. The maximum atomic E-state index is 5.68. The quantitative estimate of drug-likeness (QED) is 0.914. The van der Waals surface area contributed by atoms with Gasteiger partial charge in [0, 0.05) is 25.0 Å². The standard InChI is InChI=1S/C16H19N3/c17-12-14-11-15(8-9-18-14)19-10-4-7-16(19)13-5-2-1-3-6-13/h1-3,5-6,8-9,11,16H,4,7,10,12,17H2. The van der Waals surface area contributed by atoms with Gasteiger partial charge in [0.1, 0.15) is 0 Å². The van der Waals surface area contributed by atoms with Gasteiger partial charge in [-0.05, 0) is 30.5 Å². The second-order valence-corrected chi connectivity index (χ2v) is 4.97. The molecule has 0 aliphatic carbocycles.